The molecule has 0 aliphatic carbocycles. The van der Waals surface area contributed by atoms with Crippen LogP contribution in [0.1, 0.15) is 41.5 Å². The Morgan fingerprint density at radius 2 is 0.812 bits per heavy atom. The summed E-state index contributed by atoms with van der Waals surface area (Å²) in [6, 6.07) is 0. The second-order valence-electron chi connectivity index (χ2n) is 5.00. The molecule has 0 heterocycles. The van der Waals surface area contributed by atoms with E-state index in [9.17, 15) is 0 Å². The van der Waals surface area contributed by atoms with Crippen LogP contribution in [0.3, 0.4) is 0 Å². The smallest absolute Gasteiger partial charge is 0.0306 e. The van der Waals surface area contributed by atoms with Crippen LogP contribution in [0.15, 0.2) is 24.3 Å². The summed E-state index contributed by atoms with van der Waals surface area (Å²) in [4.78, 5) is 0. The molecule has 0 aromatic carbocycles. The van der Waals surface area contributed by atoms with Gasteiger partial charge in [-0.1, -0.05) is 24.3 Å². The third-order valence-corrected chi connectivity index (χ3v) is 2.20. The molecule has 0 atom stereocenters. The van der Waals surface area contributed by atoms with Gasteiger partial charge in [0.1, 0.15) is 0 Å². The van der Waals surface area contributed by atoms with Gasteiger partial charge in [0.2, 0.25) is 0 Å². The Bertz CT molecular complexity index is 186. The van der Waals surface area contributed by atoms with Crippen molar-refractivity contribution in [3.8, 4) is 0 Å². The highest BCUT2D eigenvalue weighted by molar-refractivity contribution is 5.85. The zero-order valence-electron chi connectivity index (χ0n) is 11.4. The van der Waals surface area contributed by atoms with Gasteiger partial charge < -0.3 is 11.5 Å². The first kappa shape index (κ1) is 25.0. The molecular formula is C12H28Cl2N2. The molecule has 0 aliphatic rings. The SMILES string of the molecule is C=C(C)C(C)(C)N.C=C(C)C(C)(C)N.Cl.Cl. The van der Waals surface area contributed by atoms with E-state index in [1.807, 2.05) is 41.5 Å². The van der Waals surface area contributed by atoms with Gasteiger partial charge >= 0.3 is 0 Å². The number of halogens is 2. The fourth-order valence-corrected chi connectivity index (χ4v) is 0. The van der Waals surface area contributed by atoms with Crippen LogP contribution >= 0.6 is 24.8 Å². The molecule has 0 aliphatic heterocycles. The normalized spacial score (nSPS) is 10.0. The molecule has 0 bridgehead atoms. The van der Waals surface area contributed by atoms with E-state index in [-0.39, 0.29) is 35.9 Å². The molecule has 0 aromatic heterocycles. The largest absolute Gasteiger partial charge is 0.322 e. The summed E-state index contributed by atoms with van der Waals surface area (Å²) in [5, 5.41) is 0. The number of hydrogen-bond donors (Lipinski definition) is 2. The zero-order valence-corrected chi connectivity index (χ0v) is 13.0. The number of rotatable bonds is 2. The van der Waals surface area contributed by atoms with Crippen LogP contribution in [0.25, 0.3) is 0 Å². The van der Waals surface area contributed by atoms with E-state index in [1.54, 1.807) is 0 Å². The fourth-order valence-electron chi connectivity index (χ4n) is 0. The highest BCUT2D eigenvalue weighted by Gasteiger charge is 2.09. The van der Waals surface area contributed by atoms with Crippen molar-refractivity contribution in [1.82, 2.24) is 0 Å². The number of hydrogen-bond acceptors (Lipinski definition) is 2. The predicted molar refractivity (Wildman–Crippen MR) is 80.7 cm³/mol. The first-order valence-electron chi connectivity index (χ1n) is 4.78. The lowest BCUT2D eigenvalue weighted by Crippen LogP contribution is -2.32. The summed E-state index contributed by atoms with van der Waals surface area (Å²) < 4.78 is 0. The van der Waals surface area contributed by atoms with Crippen molar-refractivity contribution in [2.75, 3.05) is 0 Å². The van der Waals surface area contributed by atoms with E-state index >= 15 is 0 Å². The lowest BCUT2D eigenvalue weighted by molar-refractivity contribution is 0.613. The first-order valence-corrected chi connectivity index (χ1v) is 4.78. The molecule has 0 spiro atoms. The van der Waals surface area contributed by atoms with E-state index in [0.29, 0.717) is 0 Å². The Balaban J connectivity index is -0.0000000800. The van der Waals surface area contributed by atoms with Gasteiger partial charge in [-0.3, -0.25) is 0 Å². The molecule has 0 unspecified atom stereocenters. The van der Waals surface area contributed by atoms with Crippen LogP contribution in [0.2, 0.25) is 0 Å². The fraction of sp³-hybridized carbons (Fsp3) is 0.667. The van der Waals surface area contributed by atoms with Crippen LogP contribution in [0, 0.1) is 0 Å². The molecule has 0 fully saturated rings. The monoisotopic (exact) mass is 270 g/mol. The van der Waals surface area contributed by atoms with Crippen molar-refractivity contribution in [1.29, 1.82) is 0 Å². The summed E-state index contributed by atoms with van der Waals surface area (Å²) in [6.07, 6.45) is 0. The highest BCUT2D eigenvalue weighted by Crippen LogP contribution is 2.07. The molecule has 0 rings (SSSR count). The minimum Gasteiger partial charge on any atom is -0.322 e. The molecule has 0 amide bonds. The molecule has 100 valence electrons. The summed E-state index contributed by atoms with van der Waals surface area (Å²) >= 11 is 0. The Morgan fingerprint density at radius 3 is 0.812 bits per heavy atom. The van der Waals surface area contributed by atoms with Gasteiger partial charge in [-0.25, -0.2) is 0 Å². The molecule has 0 saturated heterocycles. The molecule has 4 heteroatoms. The molecule has 0 saturated carbocycles. The van der Waals surface area contributed by atoms with Crippen molar-refractivity contribution < 1.29 is 0 Å². The first-order chi connectivity index (χ1) is 5.89. The van der Waals surface area contributed by atoms with E-state index in [4.69, 9.17) is 11.5 Å². The lowest BCUT2D eigenvalue weighted by atomic mass is 9.99. The van der Waals surface area contributed by atoms with E-state index in [1.165, 1.54) is 0 Å². The van der Waals surface area contributed by atoms with Crippen LogP contribution in [0.4, 0.5) is 0 Å². The Morgan fingerprint density at radius 1 is 0.750 bits per heavy atom. The second kappa shape index (κ2) is 9.06. The van der Waals surface area contributed by atoms with Crippen molar-refractivity contribution in [2.24, 2.45) is 11.5 Å². The van der Waals surface area contributed by atoms with Gasteiger partial charge in [0.15, 0.2) is 0 Å². The summed E-state index contributed by atoms with van der Waals surface area (Å²) in [6.45, 7) is 19.0. The summed E-state index contributed by atoms with van der Waals surface area (Å²) in [5.74, 6) is 0. The predicted octanol–water partition coefficient (Wildman–Crippen LogP) is 3.44. The maximum atomic E-state index is 5.58. The van der Waals surface area contributed by atoms with Gasteiger partial charge in [-0.05, 0) is 41.5 Å². The Hall–Kier alpha value is -0.0200. The minimum atomic E-state index is -0.194. The van der Waals surface area contributed by atoms with Gasteiger partial charge in [-0.2, -0.15) is 0 Å². The molecule has 4 N–H and O–H groups in total. The second-order valence-corrected chi connectivity index (χ2v) is 5.00. The zero-order chi connectivity index (χ0) is 12.2. The standard InChI is InChI=1S/2C6H13N.2ClH/c2*1-5(2)6(3,4)7;;/h2*1,7H2,2-4H3;2*1H. The van der Waals surface area contributed by atoms with Crippen molar-refractivity contribution in [3.05, 3.63) is 24.3 Å². The van der Waals surface area contributed by atoms with Crippen molar-refractivity contribution in [3.63, 3.8) is 0 Å². The van der Waals surface area contributed by atoms with Crippen LogP contribution in [0.5, 0.6) is 0 Å². The Kier molecular flexibility index (Phi) is 14.1. The van der Waals surface area contributed by atoms with E-state index in [2.05, 4.69) is 13.2 Å². The average Bonchev–Trinajstić information content (AvgIpc) is 1.83. The summed E-state index contributed by atoms with van der Waals surface area (Å²) in [7, 11) is 0. The number of nitrogens with two attached hydrogens (primary N) is 2. The van der Waals surface area contributed by atoms with Crippen LogP contribution < -0.4 is 11.5 Å². The maximum Gasteiger partial charge on any atom is 0.0306 e. The molecule has 2 nitrogen and oxygen atoms in total. The maximum absolute atomic E-state index is 5.58. The topological polar surface area (TPSA) is 52.0 Å². The van der Waals surface area contributed by atoms with Gasteiger partial charge in [0.05, 0.1) is 0 Å². The molecule has 0 radical (unpaired) electrons. The molecule has 0 aromatic rings. The van der Waals surface area contributed by atoms with Gasteiger partial charge in [0, 0.05) is 11.1 Å². The third kappa shape index (κ3) is 16.4. The van der Waals surface area contributed by atoms with Crippen molar-refractivity contribution in [2.45, 2.75) is 52.6 Å². The average molecular weight is 271 g/mol. The summed E-state index contributed by atoms with van der Waals surface area (Å²) in [5.41, 5.74) is 12.8. The minimum absolute atomic E-state index is 0. The van der Waals surface area contributed by atoms with E-state index in [0.717, 1.165) is 11.1 Å². The highest BCUT2D eigenvalue weighted by atomic mass is 35.5. The van der Waals surface area contributed by atoms with Crippen molar-refractivity contribution >= 4 is 24.8 Å². The quantitative estimate of drug-likeness (QED) is 0.756. The van der Waals surface area contributed by atoms with Crippen LogP contribution in [-0.4, -0.2) is 11.1 Å². The molecule has 16 heavy (non-hydrogen) atoms. The third-order valence-electron chi connectivity index (χ3n) is 2.20. The van der Waals surface area contributed by atoms with Gasteiger partial charge in [0.25, 0.3) is 0 Å². The Labute approximate surface area is 113 Å². The lowest BCUT2D eigenvalue weighted by Gasteiger charge is -2.17. The van der Waals surface area contributed by atoms with E-state index < -0.39 is 0 Å². The van der Waals surface area contributed by atoms with Gasteiger partial charge in [-0.15, -0.1) is 24.8 Å². The molecular weight excluding hydrogens is 243 g/mol. The van der Waals surface area contributed by atoms with Crippen LogP contribution in [-0.2, 0) is 0 Å².